The third kappa shape index (κ3) is 2.76. The number of hydrogen-bond acceptors (Lipinski definition) is 4. The summed E-state index contributed by atoms with van der Waals surface area (Å²) in [6.45, 7) is 4.01. The van der Waals surface area contributed by atoms with E-state index in [1.54, 1.807) is 13.3 Å². The van der Waals surface area contributed by atoms with Gasteiger partial charge in [-0.05, 0) is 24.3 Å². The summed E-state index contributed by atoms with van der Waals surface area (Å²) in [4.78, 5) is 13.6. The summed E-state index contributed by atoms with van der Waals surface area (Å²) in [7, 11) is 1.67. The van der Waals surface area contributed by atoms with Gasteiger partial charge in [0.2, 0.25) is 0 Å². The van der Waals surface area contributed by atoms with Crippen molar-refractivity contribution < 1.29 is 4.74 Å². The van der Waals surface area contributed by atoms with Gasteiger partial charge in [-0.1, -0.05) is 36.9 Å². The van der Waals surface area contributed by atoms with Gasteiger partial charge in [-0.15, -0.1) is 0 Å². The van der Waals surface area contributed by atoms with Crippen molar-refractivity contribution in [2.75, 3.05) is 7.11 Å². The molecule has 0 atom stereocenters. The Morgan fingerprint density at radius 3 is 2.56 bits per heavy atom. The van der Waals surface area contributed by atoms with Crippen molar-refractivity contribution in [2.45, 2.75) is 0 Å². The molecule has 2 heterocycles. The van der Waals surface area contributed by atoms with E-state index in [9.17, 15) is 0 Å². The molecular formula is C20H16N4O. The highest BCUT2D eigenvalue weighted by Gasteiger charge is 2.19. The van der Waals surface area contributed by atoms with E-state index in [0.29, 0.717) is 17.4 Å². The van der Waals surface area contributed by atoms with Crippen molar-refractivity contribution in [3.8, 4) is 5.75 Å². The number of hydrogen-bond donors (Lipinski definition) is 1. The van der Waals surface area contributed by atoms with Crippen LogP contribution in [-0.4, -0.2) is 23.8 Å². The number of methoxy groups -OCH3 is 1. The second-order valence-electron chi connectivity index (χ2n) is 5.55. The van der Waals surface area contributed by atoms with Gasteiger partial charge >= 0.3 is 0 Å². The van der Waals surface area contributed by atoms with Gasteiger partial charge in [0, 0.05) is 17.0 Å². The molecule has 1 aliphatic heterocycles. The topological polar surface area (TPSA) is 58.9 Å². The van der Waals surface area contributed by atoms with Crippen molar-refractivity contribution in [1.29, 1.82) is 0 Å². The lowest BCUT2D eigenvalue weighted by molar-refractivity contribution is 0.420. The molecule has 0 aliphatic carbocycles. The van der Waals surface area contributed by atoms with E-state index in [4.69, 9.17) is 9.73 Å². The molecule has 0 saturated carbocycles. The van der Waals surface area contributed by atoms with Crippen molar-refractivity contribution >= 4 is 28.1 Å². The van der Waals surface area contributed by atoms with Crippen LogP contribution in [-0.2, 0) is 0 Å². The van der Waals surface area contributed by atoms with Crippen LogP contribution in [0.5, 0.6) is 5.75 Å². The van der Waals surface area contributed by atoms with Crippen molar-refractivity contribution in [2.24, 2.45) is 9.98 Å². The van der Waals surface area contributed by atoms with Crippen LogP contribution in [0.25, 0.3) is 10.8 Å². The van der Waals surface area contributed by atoms with Gasteiger partial charge in [0.1, 0.15) is 11.4 Å². The molecule has 4 rings (SSSR count). The third-order valence-electron chi connectivity index (χ3n) is 3.97. The fourth-order valence-electron chi connectivity index (χ4n) is 2.76. The Morgan fingerprint density at radius 1 is 1.00 bits per heavy atom. The molecule has 0 bridgehead atoms. The number of aliphatic imine (C=N–C) groups is 2. The quantitative estimate of drug-likeness (QED) is 0.795. The second-order valence-corrected chi connectivity index (χ2v) is 5.55. The minimum absolute atomic E-state index is 0.552. The van der Waals surface area contributed by atoms with Gasteiger partial charge in [-0.3, -0.25) is 4.98 Å². The first kappa shape index (κ1) is 15.1. The van der Waals surface area contributed by atoms with Crippen LogP contribution in [0.4, 0.5) is 5.69 Å². The smallest absolute Gasteiger partial charge is 0.178 e. The van der Waals surface area contributed by atoms with E-state index in [0.717, 1.165) is 27.9 Å². The molecule has 0 amide bonds. The van der Waals surface area contributed by atoms with Crippen LogP contribution in [0.1, 0.15) is 5.69 Å². The lowest BCUT2D eigenvalue weighted by atomic mass is 10.1. The summed E-state index contributed by atoms with van der Waals surface area (Å²) in [5, 5.41) is 5.16. The highest BCUT2D eigenvalue weighted by Crippen LogP contribution is 2.33. The van der Waals surface area contributed by atoms with E-state index in [1.807, 2.05) is 54.6 Å². The minimum Gasteiger partial charge on any atom is -0.496 e. The standard InChI is InChI=1S/C20H16N4O/c1-13-19(24-20(22-13)17-9-5-6-12-21-17)23-16-10-11-18(25-2)15-8-4-3-7-14(15)16/h3-12H,1H2,2H3,(H,22,23,24). The molecule has 1 aliphatic rings. The summed E-state index contributed by atoms with van der Waals surface area (Å²) >= 11 is 0. The average molecular weight is 328 g/mol. The average Bonchev–Trinajstić information content (AvgIpc) is 3.03. The lowest BCUT2D eigenvalue weighted by Crippen LogP contribution is -2.19. The molecule has 3 aromatic rings. The number of aromatic nitrogens is 1. The molecule has 5 heteroatoms. The fraction of sp³-hybridized carbons (Fsp3) is 0.0500. The number of rotatable bonds is 3. The monoisotopic (exact) mass is 328 g/mol. The molecule has 122 valence electrons. The maximum absolute atomic E-state index is 5.43. The molecule has 5 nitrogen and oxygen atoms in total. The van der Waals surface area contributed by atoms with Crippen LogP contribution in [0.3, 0.4) is 0 Å². The van der Waals surface area contributed by atoms with Crippen molar-refractivity contribution in [3.63, 3.8) is 0 Å². The molecule has 1 N–H and O–H groups in total. The predicted octanol–water partition coefficient (Wildman–Crippen LogP) is 3.84. The molecule has 25 heavy (non-hydrogen) atoms. The molecular weight excluding hydrogens is 312 g/mol. The number of fused-ring (bicyclic) bond motifs is 1. The molecule has 0 radical (unpaired) electrons. The van der Waals surface area contributed by atoms with Gasteiger partial charge in [-0.25, -0.2) is 9.98 Å². The molecule has 0 fully saturated rings. The number of nitrogens with one attached hydrogen (secondary N) is 1. The molecule has 0 unspecified atom stereocenters. The van der Waals surface area contributed by atoms with Gasteiger partial charge in [0.15, 0.2) is 11.7 Å². The van der Waals surface area contributed by atoms with Crippen LogP contribution < -0.4 is 10.1 Å². The van der Waals surface area contributed by atoms with E-state index in [2.05, 4.69) is 21.9 Å². The molecule has 1 aromatic heterocycles. The Balaban J connectivity index is 1.80. The van der Waals surface area contributed by atoms with Crippen LogP contribution in [0, 0.1) is 0 Å². The first-order valence-corrected chi connectivity index (χ1v) is 7.87. The summed E-state index contributed by atoms with van der Waals surface area (Å²) in [6, 6.07) is 17.5. The summed E-state index contributed by atoms with van der Waals surface area (Å²) in [5.41, 5.74) is 2.23. The van der Waals surface area contributed by atoms with E-state index in [-0.39, 0.29) is 0 Å². The third-order valence-corrected chi connectivity index (χ3v) is 3.97. The Bertz CT molecular complexity index is 1020. The van der Waals surface area contributed by atoms with Crippen LogP contribution in [0.2, 0.25) is 0 Å². The second kappa shape index (κ2) is 6.20. The normalized spacial score (nSPS) is 15.3. The first-order chi connectivity index (χ1) is 12.3. The van der Waals surface area contributed by atoms with Crippen molar-refractivity contribution in [3.05, 3.63) is 78.8 Å². The molecule has 2 aromatic carbocycles. The van der Waals surface area contributed by atoms with Gasteiger partial charge in [0.05, 0.1) is 18.5 Å². The number of benzene rings is 2. The van der Waals surface area contributed by atoms with Gasteiger partial charge in [0.25, 0.3) is 0 Å². The number of nitrogens with zero attached hydrogens (tertiary/aromatic N) is 3. The first-order valence-electron chi connectivity index (χ1n) is 7.87. The highest BCUT2D eigenvalue weighted by molar-refractivity contribution is 6.19. The summed E-state index contributed by atoms with van der Waals surface area (Å²) in [5.74, 6) is 2.03. The number of amidine groups is 2. The SMILES string of the molecule is C=C1NC(c2ccccn2)=NC1=Nc1ccc(OC)c2ccccc12. The number of pyridine rings is 1. The minimum atomic E-state index is 0.552. The van der Waals surface area contributed by atoms with Crippen molar-refractivity contribution in [1.82, 2.24) is 10.3 Å². The lowest BCUT2D eigenvalue weighted by Gasteiger charge is -2.07. The largest absolute Gasteiger partial charge is 0.496 e. The summed E-state index contributed by atoms with van der Waals surface area (Å²) in [6.07, 6.45) is 1.73. The zero-order chi connectivity index (χ0) is 17.2. The highest BCUT2D eigenvalue weighted by atomic mass is 16.5. The Kier molecular flexibility index (Phi) is 3.74. The Hall–Kier alpha value is -3.47. The maximum atomic E-state index is 5.43. The van der Waals surface area contributed by atoms with Gasteiger partial charge < -0.3 is 10.1 Å². The molecule has 0 saturated heterocycles. The number of ether oxygens (including phenoxy) is 1. The Labute approximate surface area is 145 Å². The van der Waals surface area contributed by atoms with Crippen LogP contribution in [0.15, 0.2) is 83.1 Å². The fourth-order valence-corrected chi connectivity index (χ4v) is 2.76. The van der Waals surface area contributed by atoms with Gasteiger partial charge in [-0.2, -0.15) is 0 Å². The van der Waals surface area contributed by atoms with E-state index < -0.39 is 0 Å². The molecule has 0 spiro atoms. The zero-order valence-electron chi connectivity index (χ0n) is 13.7. The Morgan fingerprint density at radius 2 is 1.80 bits per heavy atom. The van der Waals surface area contributed by atoms with Crippen LogP contribution >= 0.6 is 0 Å². The maximum Gasteiger partial charge on any atom is 0.178 e. The zero-order valence-corrected chi connectivity index (χ0v) is 13.7. The predicted molar refractivity (Wildman–Crippen MR) is 101 cm³/mol. The van der Waals surface area contributed by atoms with E-state index >= 15 is 0 Å². The van der Waals surface area contributed by atoms with E-state index in [1.165, 1.54) is 0 Å². The summed E-state index contributed by atoms with van der Waals surface area (Å²) < 4.78 is 5.43.